The van der Waals surface area contributed by atoms with Crippen LogP contribution in [0.25, 0.3) is 0 Å². The Hall–Kier alpha value is -0.0800. The lowest BCUT2D eigenvalue weighted by Crippen LogP contribution is -2.50. The molecule has 0 spiro atoms. The summed E-state index contributed by atoms with van der Waals surface area (Å²) in [5.74, 6) is 1.74. The summed E-state index contributed by atoms with van der Waals surface area (Å²) in [6.07, 6.45) is 7.38. The summed E-state index contributed by atoms with van der Waals surface area (Å²) in [5.41, 5.74) is 0.359. The van der Waals surface area contributed by atoms with Crippen molar-refractivity contribution >= 4 is 0 Å². The van der Waals surface area contributed by atoms with Gasteiger partial charge in [0.05, 0.1) is 6.10 Å². The van der Waals surface area contributed by atoms with Gasteiger partial charge in [0.25, 0.3) is 0 Å². The first-order valence-corrected chi connectivity index (χ1v) is 8.34. The van der Waals surface area contributed by atoms with Gasteiger partial charge in [0.15, 0.2) is 0 Å². The van der Waals surface area contributed by atoms with Crippen molar-refractivity contribution in [1.29, 1.82) is 0 Å². The Labute approximate surface area is 119 Å². The first kappa shape index (κ1) is 15.3. The maximum absolute atomic E-state index is 10.1. The molecule has 0 aromatic carbocycles. The third-order valence-corrected chi connectivity index (χ3v) is 5.30. The normalized spacial score (nSPS) is 32.8. The predicted octanol–water partition coefficient (Wildman–Crippen LogP) is 3.68. The van der Waals surface area contributed by atoms with Gasteiger partial charge in [-0.3, -0.25) is 0 Å². The van der Waals surface area contributed by atoms with Gasteiger partial charge in [0.1, 0.15) is 0 Å². The first-order chi connectivity index (χ1) is 8.91. The fourth-order valence-electron chi connectivity index (χ4n) is 3.85. The van der Waals surface area contributed by atoms with Crippen molar-refractivity contribution in [2.24, 2.45) is 17.3 Å². The van der Waals surface area contributed by atoms with E-state index in [4.69, 9.17) is 0 Å². The zero-order valence-corrected chi connectivity index (χ0v) is 13.4. The molecule has 112 valence electrons. The van der Waals surface area contributed by atoms with Gasteiger partial charge >= 0.3 is 0 Å². The van der Waals surface area contributed by atoms with E-state index in [-0.39, 0.29) is 6.10 Å². The molecule has 2 aliphatic carbocycles. The van der Waals surface area contributed by atoms with Crippen LogP contribution in [0.15, 0.2) is 0 Å². The number of rotatable bonds is 5. The summed E-state index contributed by atoms with van der Waals surface area (Å²) in [6, 6.07) is 0.590. The molecule has 3 unspecified atom stereocenters. The molecule has 1 N–H and O–H groups in total. The van der Waals surface area contributed by atoms with E-state index in [0.29, 0.717) is 11.5 Å². The molecule has 19 heavy (non-hydrogen) atoms. The van der Waals surface area contributed by atoms with Gasteiger partial charge in [-0.05, 0) is 56.0 Å². The van der Waals surface area contributed by atoms with E-state index < -0.39 is 0 Å². The molecule has 3 atom stereocenters. The Morgan fingerprint density at radius 1 is 1.11 bits per heavy atom. The highest BCUT2D eigenvalue weighted by molar-refractivity contribution is 4.92. The summed E-state index contributed by atoms with van der Waals surface area (Å²) >= 11 is 0. The zero-order valence-electron chi connectivity index (χ0n) is 13.4. The monoisotopic (exact) mass is 267 g/mol. The van der Waals surface area contributed by atoms with Gasteiger partial charge in [-0.2, -0.15) is 0 Å². The largest absolute Gasteiger partial charge is 0.393 e. The second-order valence-electron chi connectivity index (χ2n) is 7.87. The molecule has 0 amide bonds. The average Bonchev–Trinajstić information content (AvgIpc) is 3.12. The molecular formula is C17H33NO. The van der Waals surface area contributed by atoms with E-state index in [1.165, 1.54) is 32.2 Å². The zero-order chi connectivity index (χ0) is 14.0. The summed E-state index contributed by atoms with van der Waals surface area (Å²) in [5, 5.41) is 10.1. The van der Waals surface area contributed by atoms with Crippen molar-refractivity contribution in [2.45, 2.75) is 78.4 Å². The number of hydrogen-bond acceptors (Lipinski definition) is 2. The van der Waals surface area contributed by atoms with Gasteiger partial charge in [-0.15, -0.1) is 0 Å². The minimum absolute atomic E-state index is 0.0708. The highest BCUT2D eigenvalue weighted by atomic mass is 16.3. The number of aliphatic hydroxyl groups excluding tert-OH is 1. The minimum Gasteiger partial charge on any atom is -0.393 e. The van der Waals surface area contributed by atoms with Crippen molar-refractivity contribution in [1.82, 2.24) is 4.90 Å². The maximum Gasteiger partial charge on any atom is 0.0555 e. The fraction of sp³-hybridized carbons (Fsp3) is 1.00. The summed E-state index contributed by atoms with van der Waals surface area (Å²) in [4.78, 5) is 2.66. The topological polar surface area (TPSA) is 23.5 Å². The van der Waals surface area contributed by atoms with Gasteiger partial charge in [-0.25, -0.2) is 0 Å². The molecular weight excluding hydrogens is 234 g/mol. The molecule has 2 rings (SSSR count). The van der Waals surface area contributed by atoms with Gasteiger partial charge in [-0.1, -0.05) is 40.5 Å². The van der Waals surface area contributed by atoms with Crippen LogP contribution in [0, 0.1) is 17.3 Å². The maximum atomic E-state index is 10.1. The molecule has 0 heterocycles. The van der Waals surface area contributed by atoms with E-state index in [2.05, 4.69) is 32.6 Å². The van der Waals surface area contributed by atoms with Crippen LogP contribution in [0.1, 0.15) is 66.2 Å². The van der Waals surface area contributed by atoms with Gasteiger partial charge in [0, 0.05) is 6.04 Å². The molecule has 2 heteroatoms. The van der Waals surface area contributed by atoms with E-state index >= 15 is 0 Å². The SMILES string of the molecule is CCN(CCC1CC1)C1CC(O)CCC1C(C)(C)C. The minimum atomic E-state index is -0.0708. The number of nitrogens with zero attached hydrogens (tertiary/aromatic N) is 1. The van der Waals surface area contributed by atoms with E-state index in [9.17, 15) is 5.11 Å². The highest BCUT2D eigenvalue weighted by Crippen LogP contribution is 2.41. The van der Waals surface area contributed by atoms with Crippen molar-refractivity contribution in [3.05, 3.63) is 0 Å². The lowest BCUT2D eigenvalue weighted by Gasteiger charge is -2.47. The Morgan fingerprint density at radius 2 is 1.79 bits per heavy atom. The highest BCUT2D eigenvalue weighted by Gasteiger charge is 2.39. The third-order valence-electron chi connectivity index (χ3n) is 5.30. The van der Waals surface area contributed by atoms with Crippen molar-refractivity contribution < 1.29 is 5.11 Å². The van der Waals surface area contributed by atoms with Gasteiger partial charge in [0.2, 0.25) is 0 Å². The molecule has 2 saturated carbocycles. The number of aliphatic hydroxyl groups is 1. The molecule has 2 nitrogen and oxygen atoms in total. The molecule has 0 aromatic rings. The lowest BCUT2D eigenvalue weighted by atomic mass is 9.68. The summed E-state index contributed by atoms with van der Waals surface area (Å²) in [6.45, 7) is 11.8. The quantitative estimate of drug-likeness (QED) is 0.821. The van der Waals surface area contributed by atoms with Crippen LogP contribution in [0.2, 0.25) is 0 Å². The Bertz CT molecular complexity index is 279. The van der Waals surface area contributed by atoms with Crippen molar-refractivity contribution in [2.75, 3.05) is 13.1 Å². The van der Waals surface area contributed by atoms with Crippen molar-refractivity contribution in [3.63, 3.8) is 0 Å². The van der Waals surface area contributed by atoms with E-state index in [1.807, 2.05) is 0 Å². The molecule has 2 aliphatic rings. The lowest BCUT2D eigenvalue weighted by molar-refractivity contribution is -0.0106. The predicted molar refractivity (Wildman–Crippen MR) is 81.2 cm³/mol. The van der Waals surface area contributed by atoms with Crippen LogP contribution >= 0.6 is 0 Å². The molecule has 0 radical (unpaired) electrons. The molecule has 0 bridgehead atoms. The second-order valence-corrected chi connectivity index (χ2v) is 7.87. The number of hydrogen-bond donors (Lipinski definition) is 1. The molecule has 2 fully saturated rings. The molecule has 0 saturated heterocycles. The molecule has 0 aliphatic heterocycles. The Kier molecular flexibility index (Phi) is 4.94. The van der Waals surface area contributed by atoms with Crippen LogP contribution in [-0.4, -0.2) is 35.2 Å². The van der Waals surface area contributed by atoms with E-state index in [1.54, 1.807) is 0 Å². The Balaban J connectivity index is 2.00. The third kappa shape index (κ3) is 4.19. The van der Waals surface area contributed by atoms with Gasteiger partial charge < -0.3 is 10.0 Å². The smallest absolute Gasteiger partial charge is 0.0555 e. The van der Waals surface area contributed by atoms with Crippen LogP contribution < -0.4 is 0 Å². The molecule has 0 aromatic heterocycles. The average molecular weight is 267 g/mol. The van der Waals surface area contributed by atoms with Crippen LogP contribution in [0.5, 0.6) is 0 Å². The standard InChI is InChI=1S/C17H33NO/c1-5-18(11-10-13-6-7-13)16-12-14(19)8-9-15(16)17(2,3)4/h13-16,19H,5-12H2,1-4H3. The van der Waals surface area contributed by atoms with Crippen LogP contribution in [0.3, 0.4) is 0 Å². The van der Waals surface area contributed by atoms with Crippen LogP contribution in [-0.2, 0) is 0 Å². The van der Waals surface area contributed by atoms with Crippen molar-refractivity contribution in [3.8, 4) is 0 Å². The second kappa shape index (κ2) is 6.13. The van der Waals surface area contributed by atoms with E-state index in [0.717, 1.165) is 31.2 Å². The Morgan fingerprint density at radius 3 is 2.32 bits per heavy atom. The summed E-state index contributed by atoms with van der Waals surface area (Å²) in [7, 11) is 0. The summed E-state index contributed by atoms with van der Waals surface area (Å²) < 4.78 is 0. The first-order valence-electron chi connectivity index (χ1n) is 8.34. The fourth-order valence-corrected chi connectivity index (χ4v) is 3.85. The van der Waals surface area contributed by atoms with Crippen LogP contribution in [0.4, 0.5) is 0 Å².